The molecule has 0 saturated carbocycles. The highest BCUT2D eigenvalue weighted by molar-refractivity contribution is 7.91. The molecule has 0 bridgehead atoms. The second-order valence-corrected chi connectivity index (χ2v) is 7.32. The van der Waals surface area contributed by atoms with Crippen molar-refractivity contribution < 1.29 is 18.6 Å². The molecular weight excluding hydrogens is 366 g/mol. The lowest BCUT2D eigenvalue weighted by molar-refractivity contribution is 0.0952. The smallest absolute Gasteiger partial charge is 0.260 e. The number of carbonyl (C=O) groups is 2. The molecule has 0 spiro atoms. The van der Waals surface area contributed by atoms with Gasteiger partial charge in [0.25, 0.3) is 11.8 Å². The first-order chi connectivity index (χ1) is 13.1. The van der Waals surface area contributed by atoms with Crippen LogP contribution in [-0.2, 0) is 17.6 Å². The van der Waals surface area contributed by atoms with Crippen LogP contribution >= 0.6 is 0 Å². The third-order valence-corrected chi connectivity index (χ3v) is 5.67. The zero-order chi connectivity index (χ0) is 18.8. The van der Waals surface area contributed by atoms with E-state index in [1.54, 1.807) is 48.7 Å². The van der Waals surface area contributed by atoms with Gasteiger partial charge < -0.3 is 19.6 Å². The Labute approximate surface area is 158 Å². The van der Waals surface area contributed by atoms with Crippen LogP contribution in [0.15, 0.2) is 69.3 Å². The number of hydrogen-bond donors (Lipinski definition) is 2. The van der Waals surface area contributed by atoms with E-state index in [2.05, 4.69) is 15.6 Å². The van der Waals surface area contributed by atoms with Gasteiger partial charge in [-0.05, 0) is 30.3 Å². The van der Waals surface area contributed by atoms with Crippen LogP contribution in [0, 0.1) is 0 Å². The number of fused-ring (bicyclic) bond motifs is 2. The predicted octanol–water partition coefficient (Wildman–Crippen LogP) is 2.38. The second-order valence-electron chi connectivity index (χ2n) is 5.90. The Hall–Kier alpha value is -3.10. The molecule has 1 aromatic heterocycles. The van der Waals surface area contributed by atoms with Crippen molar-refractivity contribution in [2.45, 2.75) is 16.2 Å². The van der Waals surface area contributed by atoms with Crippen LogP contribution in [0.3, 0.4) is 0 Å². The summed E-state index contributed by atoms with van der Waals surface area (Å²) >= 11 is -1.51. The molecule has 0 radical (unpaired) electrons. The highest BCUT2D eigenvalue weighted by Gasteiger charge is 2.30. The lowest BCUT2D eigenvalue weighted by Crippen LogP contribution is -2.25. The van der Waals surface area contributed by atoms with Gasteiger partial charge in [0.2, 0.25) is 0 Å². The fourth-order valence-electron chi connectivity index (χ4n) is 2.82. The van der Waals surface area contributed by atoms with Gasteiger partial charge >= 0.3 is 0 Å². The van der Waals surface area contributed by atoms with Gasteiger partial charge in [-0.1, -0.05) is 12.1 Å². The predicted molar refractivity (Wildman–Crippen MR) is 98.1 cm³/mol. The Morgan fingerprint density at radius 3 is 2.89 bits per heavy atom. The number of benzene rings is 2. The van der Waals surface area contributed by atoms with Crippen LogP contribution < -0.4 is 10.6 Å². The van der Waals surface area contributed by atoms with E-state index < -0.39 is 11.2 Å². The van der Waals surface area contributed by atoms with Gasteiger partial charge in [0.15, 0.2) is 16.2 Å². The number of amides is 2. The number of aromatic nitrogens is 1. The third kappa shape index (κ3) is 3.44. The van der Waals surface area contributed by atoms with E-state index in [1.807, 2.05) is 0 Å². The molecule has 0 aliphatic carbocycles. The number of oxazole rings is 1. The SMILES string of the molecule is O=C(NCCc1cnco1)c1ccc2c(c1)NC(=O)c1ccccc1[S+]2[O-]. The van der Waals surface area contributed by atoms with Gasteiger partial charge in [-0.3, -0.25) is 9.59 Å². The molecule has 3 aromatic rings. The zero-order valence-electron chi connectivity index (χ0n) is 14.1. The number of nitrogens with one attached hydrogen (secondary N) is 2. The Kier molecular flexibility index (Phi) is 4.66. The maximum atomic E-state index is 12.9. The molecule has 2 amide bonds. The molecular formula is C19H15N3O4S. The van der Waals surface area contributed by atoms with E-state index in [0.717, 1.165) is 0 Å². The minimum atomic E-state index is -1.51. The van der Waals surface area contributed by atoms with Gasteiger partial charge in [0, 0.05) is 29.7 Å². The van der Waals surface area contributed by atoms with Crippen molar-refractivity contribution >= 4 is 28.7 Å². The van der Waals surface area contributed by atoms with Crippen molar-refractivity contribution in [3.05, 3.63) is 71.9 Å². The standard InChI is InChI=1S/C19H15N3O4S/c23-18(21-8-7-13-10-20-11-26-13)12-5-6-17-15(9-12)22-19(24)14-3-1-2-4-16(14)27(17)25/h1-6,9-11H,7-8H2,(H,21,23)(H,22,24). The van der Waals surface area contributed by atoms with E-state index in [0.29, 0.717) is 45.3 Å². The molecule has 2 heterocycles. The summed E-state index contributed by atoms with van der Waals surface area (Å²) < 4.78 is 18.0. The molecule has 1 aliphatic rings. The number of nitrogens with zero attached hydrogens (tertiary/aromatic N) is 1. The molecule has 1 aliphatic heterocycles. The lowest BCUT2D eigenvalue weighted by atomic mass is 10.1. The summed E-state index contributed by atoms with van der Waals surface area (Å²) in [5.41, 5.74) is 1.11. The van der Waals surface area contributed by atoms with Gasteiger partial charge in [-0.15, -0.1) is 0 Å². The van der Waals surface area contributed by atoms with Crippen molar-refractivity contribution in [3.8, 4) is 0 Å². The number of carbonyl (C=O) groups excluding carboxylic acids is 2. The van der Waals surface area contributed by atoms with Gasteiger partial charge in [0.05, 0.1) is 17.4 Å². The highest BCUT2D eigenvalue weighted by atomic mass is 32.2. The highest BCUT2D eigenvalue weighted by Crippen LogP contribution is 2.34. The van der Waals surface area contributed by atoms with E-state index in [-0.39, 0.29) is 11.8 Å². The quantitative estimate of drug-likeness (QED) is 0.675. The summed E-state index contributed by atoms with van der Waals surface area (Å²) in [6, 6.07) is 11.5. The first-order valence-corrected chi connectivity index (χ1v) is 9.40. The molecule has 4 rings (SSSR count). The Bertz CT molecular complexity index is 1000. The first-order valence-electron chi connectivity index (χ1n) is 8.25. The topological polar surface area (TPSA) is 107 Å². The number of hydrogen-bond acceptors (Lipinski definition) is 5. The third-order valence-electron chi connectivity index (χ3n) is 4.16. The first kappa shape index (κ1) is 17.3. The summed E-state index contributed by atoms with van der Waals surface area (Å²) in [7, 11) is 0. The van der Waals surface area contributed by atoms with E-state index >= 15 is 0 Å². The normalized spacial score (nSPS) is 15.3. The van der Waals surface area contributed by atoms with Crippen molar-refractivity contribution in [1.82, 2.24) is 10.3 Å². The molecule has 0 fully saturated rings. The zero-order valence-corrected chi connectivity index (χ0v) is 14.9. The minimum Gasteiger partial charge on any atom is -0.606 e. The largest absolute Gasteiger partial charge is 0.606 e. The Morgan fingerprint density at radius 2 is 2.07 bits per heavy atom. The molecule has 0 saturated heterocycles. The monoisotopic (exact) mass is 381 g/mol. The van der Waals surface area contributed by atoms with Gasteiger partial charge in [-0.25, -0.2) is 4.98 Å². The molecule has 136 valence electrons. The van der Waals surface area contributed by atoms with E-state index in [1.165, 1.54) is 6.39 Å². The summed E-state index contributed by atoms with van der Waals surface area (Å²) in [6.45, 7) is 0.384. The van der Waals surface area contributed by atoms with Crippen molar-refractivity contribution in [2.75, 3.05) is 11.9 Å². The maximum absolute atomic E-state index is 12.9. The molecule has 1 atom stereocenters. The number of rotatable bonds is 4. The van der Waals surface area contributed by atoms with Crippen LogP contribution in [0.4, 0.5) is 5.69 Å². The fourth-order valence-corrected chi connectivity index (χ4v) is 4.12. The summed E-state index contributed by atoms with van der Waals surface area (Å²) in [4.78, 5) is 29.6. The van der Waals surface area contributed by atoms with E-state index in [9.17, 15) is 14.1 Å². The van der Waals surface area contributed by atoms with Crippen molar-refractivity contribution in [2.24, 2.45) is 0 Å². The molecule has 2 N–H and O–H groups in total. The molecule has 27 heavy (non-hydrogen) atoms. The second kappa shape index (κ2) is 7.26. The lowest BCUT2D eigenvalue weighted by Gasteiger charge is -2.12. The van der Waals surface area contributed by atoms with Crippen LogP contribution in [0.2, 0.25) is 0 Å². The van der Waals surface area contributed by atoms with Crippen LogP contribution in [0.1, 0.15) is 26.5 Å². The van der Waals surface area contributed by atoms with Crippen molar-refractivity contribution in [3.63, 3.8) is 0 Å². The maximum Gasteiger partial charge on any atom is 0.260 e. The molecule has 7 nitrogen and oxygen atoms in total. The van der Waals surface area contributed by atoms with Crippen molar-refractivity contribution in [1.29, 1.82) is 0 Å². The average Bonchev–Trinajstić information content (AvgIpc) is 3.17. The fraction of sp³-hybridized carbons (Fsp3) is 0.105. The Balaban J connectivity index is 1.54. The number of anilines is 1. The average molecular weight is 381 g/mol. The van der Waals surface area contributed by atoms with Gasteiger partial charge in [-0.2, -0.15) is 0 Å². The Morgan fingerprint density at radius 1 is 1.22 bits per heavy atom. The molecule has 2 aromatic carbocycles. The minimum absolute atomic E-state index is 0.292. The molecule has 1 unspecified atom stereocenters. The summed E-state index contributed by atoms with van der Waals surface area (Å²) in [6.07, 6.45) is 3.45. The molecule has 8 heteroatoms. The van der Waals surface area contributed by atoms with Crippen LogP contribution in [0.5, 0.6) is 0 Å². The van der Waals surface area contributed by atoms with Gasteiger partial charge in [0.1, 0.15) is 5.76 Å². The van der Waals surface area contributed by atoms with Crippen LogP contribution in [0.25, 0.3) is 0 Å². The van der Waals surface area contributed by atoms with Crippen LogP contribution in [-0.4, -0.2) is 27.9 Å². The van der Waals surface area contributed by atoms with E-state index in [4.69, 9.17) is 4.42 Å². The summed E-state index contributed by atoms with van der Waals surface area (Å²) in [5, 5.41) is 5.53. The summed E-state index contributed by atoms with van der Waals surface area (Å²) in [5.74, 6) is 0.0392.